The Morgan fingerprint density at radius 3 is 2.22 bits per heavy atom. The third-order valence-corrected chi connectivity index (χ3v) is 3.70. The summed E-state index contributed by atoms with van der Waals surface area (Å²) < 4.78 is 2.66. The molecule has 0 spiro atoms. The minimum Gasteiger partial charge on any atom is -0.294 e. The first-order valence-electron chi connectivity index (χ1n) is 5.14. The molecule has 0 amide bonds. The third-order valence-electron chi connectivity index (χ3n) is 2.31. The van der Waals surface area contributed by atoms with Gasteiger partial charge in [-0.3, -0.25) is 9.78 Å². The molecule has 0 atom stereocenters. The Kier molecular flexibility index (Phi) is 4.70. The monoisotopic (exact) mass is 431 g/mol. The number of benzene rings is 1. The second-order valence-electron chi connectivity index (χ2n) is 3.73. The van der Waals surface area contributed by atoms with E-state index >= 15 is 0 Å². The molecule has 0 saturated heterocycles. The van der Waals surface area contributed by atoms with E-state index in [4.69, 9.17) is 0 Å². The molecule has 2 rings (SSSR count). The van der Waals surface area contributed by atoms with E-state index in [1.807, 2.05) is 30.3 Å². The topological polar surface area (TPSA) is 30.0 Å². The van der Waals surface area contributed by atoms with Crippen LogP contribution in [0.3, 0.4) is 0 Å². The fourth-order valence-corrected chi connectivity index (χ4v) is 3.02. The van der Waals surface area contributed by atoms with Gasteiger partial charge in [0.15, 0.2) is 5.78 Å². The fourth-order valence-electron chi connectivity index (χ4n) is 1.49. The maximum atomic E-state index is 12.1. The maximum absolute atomic E-state index is 12.1. The van der Waals surface area contributed by atoms with Crippen LogP contribution in [0.2, 0.25) is 0 Å². The molecule has 0 aliphatic carbocycles. The first-order chi connectivity index (χ1) is 8.54. The van der Waals surface area contributed by atoms with Crippen LogP contribution in [0.5, 0.6) is 0 Å². The van der Waals surface area contributed by atoms with Crippen molar-refractivity contribution in [2.75, 3.05) is 0 Å². The van der Waals surface area contributed by atoms with Gasteiger partial charge in [0.05, 0.1) is 6.42 Å². The number of hydrogen-bond acceptors (Lipinski definition) is 2. The highest BCUT2D eigenvalue weighted by molar-refractivity contribution is 9.11. The van der Waals surface area contributed by atoms with Crippen molar-refractivity contribution in [1.29, 1.82) is 0 Å². The van der Waals surface area contributed by atoms with Crippen molar-refractivity contribution in [1.82, 2.24) is 4.98 Å². The van der Waals surface area contributed by atoms with Crippen molar-refractivity contribution in [2.45, 2.75) is 6.42 Å². The van der Waals surface area contributed by atoms with Gasteiger partial charge in [-0.15, -0.1) is 0 Å². The average Bonchev–Trinajstić information content (AvgIpc) is 2.31. The molecule has 0 aliphatic heterocycles. The minimum atomic E-state index is 0.0480. The van der Waals surface area contributed by atoms with E-state index in [1.54, 1.807) is 6.20 Å². The molecule has 1 heterocycles. The zero-order valence-corrected chi connectivity index (χ0v) is 13.9. The summed E-state index contributed by atoms with van der Waals surface area (Å²) in [4.78, 5) is 16.3. The largest absolute Gasteiger partial charge is 0.294 e. The van der Waals surface area contributed by atoms with E-state index in [9.17, 15) is 4.79 Å². The Morgan fingerprint density at radius 1 is 1.00 bits per heavy atom. The molecule has 0 N–H and O–H groups in total. The van der Waals surface area contributed by atoms with Crippen LogP contribution in [0, 0.1) is 0 Å². The van der Waals surface area contributed by atoms with Crippen LogP contribution < -0.4 is 0 Å². The predicted molar refractivity (Wildman–Crippen MR) is 81.8 cm³/mol. The number of pyridine rings is 1. The molecule has 92 valence electrons. The summed E-state index contributed by atoms with van der Waals surface area (Å²) in [5.74, 6) is 0.0480. The maximum Gasteiger partial charge on any atom is 0.168 e. The number of ketones is 1. The summed E-state index contributed by atoms with van der Waals surface area (Å²) in [7, 11) is 0. The number of carbonyl (C=O) groups is 1. The van der Waals surface area contributed by atoms with Gasteiger partial charge >= 0.3 is 0 Å². The van der Waals surface area contributed by atoms with Crippen LogP contribution >= 0.6 is 47.8 Å². The van der Waals surface area contributed by atoms with Gasteiger partial charge in [-0.2, -0.15) is 0 Å². The van der Waals surface area contributed by atoms with Crippen LogP contribution in [0.15, 0.2) is 49.9 Å². The van der Waals surface area contributed by atoms with Gasteiger partial charge in [0.1, 0.15) is 0 Å². The van der Waals surface area contributed by atoms with Gasteiger partial charge < -0.3 is 0 Å². The minimum absolute atomic E-state index is 0.0480. The zero-order chi connectivity index (χ0) is 13.1. The quantitative estimate of drug-likeness (QED) is 0.651. The number of nitrogens with zero attached hydrogens (tertiary/aromatic N) is 1. The van der Waals surface area contributed by atoms with E-state index in [2.05, 4.69) is 52.8 Å². The Hall–Kier alpha value is -0.520. The summed E-state index contributed by atoms with van der Waals surface area (Å²) in [5.41, 5.74) is 1.43. The summed E-state index contributed by atoms with van der Waals surface area (Å²) >= 11 is 10.1. The van der Waals surface area contributed by atoms with Crippen molar-refractivity contribution in [3.8, 4) is 0 Å². The smallest absolute Gasteiger partial charge is 0.168 e. The Labute approximate surface area is 130 Å². The van der Waals surface area contributed by atoms with Crippen molar-refractivity contribution >= 4 is 53.6 Å². The van der Waals surface area contributed by atoms with Crippen molar-refractivity contribution < 1.29 is 4.79 Å². The van der Waals surface area contributed by atoms with Gasteiger partial charge in [0, 0.05) is 30.9 Å². The average molecular weight is 434 g/mol. The van der Waals surface area contributed by atoms with Crippen molar-refractivity contribution in [3.05, 3.63) is 61.2 Å². The second-order valence-corrected chi connectivity index (χ2v) is 6.47. The lowest BCUT2D eigenvalue weighted by molar-refractivity contribution is 0.0992. The van der Waals surface area contributed by atoms with E-state index in [0.717, 1.165) is 19.1 Å². The molecular weight excluding hydrogens is 426 g/mol. The molecule has 5 heteroatoms. The first kappa shape index (κ1) is 13.9. The number of Topliss-reactive ketones (excluding diaryl/α,β-unsaturated/α-hetero) is 1. The first-order valence-corrected chi connectivity index (χ1v) is 7.52. The summed E-state index contributed by atoms with van der Waals surface area (Å²) in [6, 6.07) is 9.24. The second kappa shape index (κ2) is 6.08. The number of carbonyl (C=O) groups excluding carboxylic acids is 1. The van der Waals surface area contributed by atoms with Gasteiger partial charge in [-0.1, -0.05) is 31.9 Å². The highest BCUT2D eigenvalue weighted by Crippen LogP contribution is 2.21. The van der Waals surface area contributed by atoms with Gasteiger partial charge in [-0.05, 0) is 46.3 Å². The Morgan fingerprint density at radius 2 is 1.67 bits per heavy atom. The van der Waals surface area contributed by atoms with Crippen LogP contribution in [0.1, 0.15) is 16.1 Å². The van der Waals surface area contributed by atoms with E-state index < -0.39 is 0 Å². The molecule has 1 aromatic heterocycles. The Bertz CT molecular complexity index is 561. The number of halogens is 3. The lowest BCUT2D eigenvalue weighted by atomic mass is 10.1. The summed E-state index contributed by atoms with van der Waals surface area (Å²) in [6.07, 6.45) is 2.00. The van der Waals surface area contributed by atoms with Crippen molar-refractivity contribution in [3.63, 3.8) is 0 Å². The number of aromatic nitrogens is 1. The number of hydrogen-bond donors (Lipinski definition) is 0. The summed E-state index contributed by atoms with van der Waals surface area (Å²) in [5, 5.41) is 0. The van der Waals surface area contributed by atoms with E-state index in [-0.39, 0.29) is 5.78 Å². The molecule has 1 aromatic carbocycles. The van der Waals surface area contributed by atoms with Crippen LogP contribution in [-0.4, -0.2) is 10.8 Å². The molecule has 0 unspecified atom stereocenters. The number of rotatable bonds is 3. The molecule has 0 radical (unpaired) electrons. The molecule has 2 aromatic rings. The van der Waals surface area contributed by atoms with Crippen LogP contribution in [-0.2, 0) is 6.42 Å². The highest BCUT2D eigenvalue weighted by Gasteiger charge is 2.09. The molecule has 18 heavy (non-hydrogen) atoms. The normalized spacial score (nSPS) is 10.4. The van der Waals surface area contributed by atoms with Gasteiger partial charge in [0.2, 0.25) is 0 Å². The molecule has 0 bridgehead atoms. The van der Waals surface area contributed by atoms with Crippen LogP contribution in [0.4, 0.5) is 0 Å². The zero-order valence-electron chi connectivity index (χ0n) is 9.16. The lowest BCUT2D eigenvalue weighted by Gasteiger charge is -2.03. The Balaban J connectivity index is 2.19. The molecule has 0 saturated carbocycles. The van der Waals surface area contributed by atoms with E-state index in [1.165, 1.54) is 0 Å². The predicted octanol–water partition coefficient (Wildman–Crippen LogP) is 4.79. The molecule has 0 fully saturated rings. The van der Waals surface area contributed by atoms with Gasteiger partial charge in [-0.25, -0.2) is 0 Å². The third kappa shape index (κ3) is 3.73. The molecule has 0 aliphatic rings. The standard InChI is InChI=1S/C13H8Br3NO/c14-9-1-2-12(17-7-9)6-13(18)8-3-10(15)5-11(16)4-8/h1-5,7H,6H2. The van der Waals surface area contributed by atoms with Crippen LogP contribution in [0.25, 0.3) is 0 Å². The van der Waals surface area contributed by atoms with E-state index in [0.29, 0.717) is 12.0 Å². The summed E-state index contributed by atoms with van der Waals surface area (Å²) in [6.45, 7) is 0. The lowest BCUT2D eigenvalue weighted by Crippen LogP contribution is -2.05. The van der Waals surface area contributed by atoms with Crippen molar-refractivity contribution in [2.24, 2.45) is 0 Å². The molecular formula is C13H8Br3NO. The SMILES string of the molecule is O=C(Cc1ccc(Br)cn1)c1cc(Br)cc(Br)c1. The molecule has 2 nitrogen and oxygen atoms in total. The fraction of sp³-hybridized carbons (Fsp3) is 0.0769. The highest BCUT2D eigenvalue weighted by atomic mass is 79.9. The van der Waals surface area contributed by atoms with Gasteiger partial charge in [0.25, 0.3) is 0 Å².